The fourth-order valence-electron chi connectivity index (χ4n) is 1.63. The molecule has 0 bridgehead atoms. The predicted octanol–water partition coefficient (Wildman–Crippen LogP) is 1.28. The van der Waals surface area contributed by atoms with Crippen molar-refractivity contribution in [3.63, 3.8) is 0 Å². The Morgan fingerprint density at radius 1 is 1.26 bits per heavy atom. The molecule has 0 atom stereocenters. The molecule has 1 rings (SSSR count). The van der Waals surface area contributed by atoms with Crippen LogP contribution in [0.25, 0.3) is 0 Å². The SMILES string of the molecule is CC(C)(C)OC(=O)N1CCN(/C(N)=C/C#N)CC1.Cl. The lowest BCUT2D eigenvalue weighted by Gasteiger charge is -2.36. The summed E-state index contributed by atoms with van der Waals surface area (Å²) in [4.78, 5) is 15.3. The third-order valence-electron chi connectivity index (χ3n) is 2.51. The van der Waals surface area contributed by atoms with Gasteiger partial charge in [-0.3, -0.25) is 0 Å². The maximum absolute atomic E-state index is 11.8. The third kappa shape index (κ3) is 5.71. The number of rotatable bonds is 1. The van der Waals surface area contributed by atoms with Gasteiger partial charge in [0, 0.05) is 26.2 Å². The van der Waals surface area contributed by atoms with Gasteiger partial charge in [-0.1, -0.05) is 0 Å². The van der Waals surface area contributed by atoms with Gasteiger partial charge in [-0.05, 0) is 20.8 Å². The molecule has 0 unspecified atom stereocenters. The van der Waals surface area contributed by atoms with Crippen molar-refractivity contribution in [2.45, 2.75) is 26.4 Å². The molecule has 0 aromatic rings. The Kier molecular flexibility index (Phi) is 6.49. The van der Waals surface area contributed by atoms with Gasteiger partial charge in [0.25, 0.3) is 0 Å². The van der Waals surface area contributed by atoms with Gasteiger partial charge in [0.1, 0.15) is 11.4 Å². The van der Waals surface area contributed by atoms with Crippen LogP contribution in [0.1, 0.15) is 20.8 Å². The largest absolute Gasteiger partial charge is 0.444 e. The molecule has 0 radical (unpaired) electrons. The van der Waals surface area contributed by atoms with Crippen molar-refractivity contribution in [3.8, 4) is 6.07 Å². The van der Waals surface area contributed by atoms with Gasteiger partial charge in [-0.2, -0.15) is 5.26 Å². The van der Waals surface area contributed by atoms with E-state index in [1.165, 1.54) is 6.08 Å². The standard InChI is InChI=1S/C12H20N4O2.ClH/c1-12(2,3)18-11(17)16-8-6-15(7-9-16)10(14)4-5-13;/h4H,6-9,14H2,1-3H3;1H/b10-4+;. The summed E-state index contributed by atoms with van der Waals surface area (Å²) in [6.45, 7) is 7.86. The van der Waals surface area contributed by atoms with Crippen molar-refractivity contribution in [2.24, 2.45) is 5.73 Å². The maximum Gasteiger partial charge on any atom is 0.410 e. The first kappa shape index (κ1) is 17.4. The number of amides is 1. The Balaban J connectivity index is 0.00000324. The van der Waals surface area contributed by atoms with Crippen LogP contribution < -0.4 is 5.73 Å². The van der Waals surface area contributed by atoms with Crippen LogP contribution in [0.3, 0.4) is 0 Å². The summed E-state index contributed by atoms with van der Waals surface area (Å²) in [7, 11) is 0. The second-order valence-electron chi connectivity index (χ2n) is 5.15. The van der Waals surface area contributed by atoms with Gasteiger partial charge in [-0.25, -0.2) is 4.79 Å². The van der Waals surface area contributed by atoms with Gasteiger partial charge >= 0.3 is 6.09 Å². The van der Waals surface area contributed by atoms with Crippen LogP contribution in [-0.4, -0.2) is 47.7 Å². The summed E-state index contributed by atoms with van der Waals surface area (Å²) in [5.41, 5.74) is 5.23. The molecule has 2 N–H and O–H groups in total. The molecule has 1 aliphatic heterocycles. The Morgan fingerprint density at radius 3 is 2.16 bits per heavy atom. The lowest BCUT2D eigenvalue weighted by molar-refractivity contribution is 0.0168. The van der Waals surface area contributed by atoms with Crippen LogP contribution in [0.2, 0.25) is 0 Å². The minimum absolute atomic E-state index is 0. The van der Waals surface area contributed by atoms with E-state index in [1.807, 2.05) is 31.7 Å². The van der Waals surface area contributed by atoms with E-state index in [2.05, 4.69) is 0 Å². The molecule has 6 nitrogen and oxygen atoms in total. The second kappa shape index (κ2) is 7.10. The van der Waals surface area contributed by atoms with Gasteiger partial charge in [0.05, 0.1) is 12.1 Å². The summed E-state index contributed by atoms with van der Waals surface area (Å²) in [6.07, 6.45) is 1.01. The first-order chi connectivity index (χ1) is 8.33. The number of carbonyl (C=O) groups is 1. The van der Waals surface area contributed by atoms with E-state index < -0.39 is 5.60 Å². The fourth-order valence-corrected chi connectivity index (χ4v) is 1.63. The van der Waals surface area contributed by atoms with Gasteiger partial charge in [0.15, 0.2) is 0 Å². The summed E-state index contributed by atoms with van der Waals surface area (Å²) >= 11 is 0. The zero-order valence-corrected chi connectivity index (χ0v) is 12.4. The highest BCUT2D eigenvalue weighted by molar-refractivity contribution is 5.85. The fraction of sp³-hybridized carbons (Fsp3) is 0.667. The van der Waals surface area contributed by atoms with Crippen LogP contribution in [0, 0.1) is 11.3 Å². The van der Waals surface area contributed by atoms with Gasteiger partial charge < -0.3 is 20.3 Å². The van der Waals surface area contributed by atoms with Crippen LogP contribution in [0.15, 0.2) is 11.9 Å². The maximum atomic E-state index is 11.8. The molecular formula is C12H21ClN4O2. The van der Waals surface area contributed by atoms with Crippen LogP contribution in [0.4, 0.5) is 4.79 Å². The number of piperazine rings is 1. The summed E-state index contributed by atoms with van der Waals surface area (Å²) in [5, 5.41) is 8.52. The predicted molar refractivity (Wildman–Crippen MR) is 74.5 cm³/mol. The van der Waals surface area contributed by atoms with E-state index in [1.54, 1.807) is 4.90 Å². The Labute approximate surface area is 120 Å². The van der Waals surface area contributed by atoms with Crippen LogP contribution >= 0.6 is 12.4 Å². The average Bonchev–Trinajstić information content (AvgIpc) is 2.27. The molecule has 1 aliphatic rings. The zero-order valence-electron chi connectivity index (χ0n) is 11.5. The smallest absolute Gasteiger partial charge is 0.410 e. The van der Waals surface area contributed by atoms with Crippen LogP contribution in [-0.2, 0) is 4.74 Å². The molecule has 1 amide bonds. The van der Waals surface area contributed by atoms with Crippen molar-refractivity contribution in [2.75, 3.05) is 26.2 Å². The van der Waals surface area contributed by atoms with Gasteiger partial charge in [0.2, 0.25) is 0 Å². The number of hydrogen-bond acceptors (Lipinski definition) is 5. The molecule has 0 aromatic heterocycles. The first-order valence-electron chi connectivity index (χ1n) is 5.91. The highest BCUT2D eigenvalue weighted by Gasteiger charge is 2.25. The highest BCUT2D eigenvalue weighted by Crippen LogP contribution is 2.12. The summed E-state index contributed by atoms with van der Waals surface area (Å²) in [5.74, 6) is 0.446. The minimum atomic E-state index is -0.478. The van der Waals surface area contributed by atoms with E-state index in [0.29, 0.717) is 32.0 Å². The Hall–Kier alpha value is -1.61. The van der Waals surface area contributed by atoms with Crippen molar-refractivity contribution in [1.82, 2.24) is 9.80 Å². The topological polar surface area (TPSA) is 82.6 Å². The van der Waals surface area contributed by atoms with E-state index in [0.717, 1.165) is 0 Å². The molecule has 7 heteroatoms. The van der Waals surface area contributed by atoms with E-state index >= 15 is 0 Å². The summed E-state index contributed by atoms with van der Waals surface area (Å²) < 4.78 is 5.29. The number of nitrogens with zero attached hydrogens (tertiary/aromatic N) is 3. The van der Waals surface area contributed by atoms with E-state index in [4.69, 9.17) is 15.7 Å². The Bertz CT molecular complexity index is 376. The molecule has 0 aliphatic carbocycles. The highest BCUT2D eigenvalue weighted by atomic mass is 35.5. The molecular weight excluding hydrogens is 268 g/mol. The van der Waals surface area contributed by atoms with Crippen molar-refractivity contribution in [3.05, 3.63) is 11.9 Å². The van der Waals surface area contributed by atoms with Crippen molar-refractivity contribution >= 4 is 18.5 Å². The van der Waals surface area contributed by atoms with Crippen molar-refractivity contribution < 1.29 is 9.53 Å². The molecule has 108 valence electrons. The Morgan fingerprint density at radius 2 is 1.74 bits per heavy atom. The molecule has 0 spiro atoms. The number of ether oxygens (including phenoxy) is 1. The van der Waals surface area contributed by atoms with Crippen LogP contribution in [0.5, 0.6) is 0 Å². The molecule has 1 fully saturated rings. The summed E-state index contributed by atoms with van der Waals surface area (Å²) in [6, 6.07) is 1.90. The molecule has 19 heavy (non-hydrogen) atoms. The number of allylic oxidation sites excluding steroid dienone is 1. The second-order valence-corrected chi connectivity index (χ2v) is 5.15. The molecule has 1 saturated heterocycles. The normalized spacial score (nSPS) is 16.4. The van der Waals surface area contributed by atoms with Crippen molar-refractivity contribution in [1.29, 1.82) is 5.26 Å². The first-order valence-corrected chi connectivity index (χ1v) is 5.91. The lowest BCUT2D eigenvalue weighted by atomic mass is 10.2. The molecule has 0 saturated carbocycles. The van der Waals surface area contributed by atoms with Gasteiger partial charge in [-0.15, -0.1) is 12.4 Å². The lowest BCUT2D eigenvalue weighted by Crippen LogP contribution is -2.50. The van der Waals surface area contributed by atoms with E-state index in [-0.39, 0.29) is 18.5 Å². The number of carbonyl (C=O) groups excluding carboxylic acids is 1. The molecule has 1 heterocycles. The quantitative estimate of drug-likeness (QED) is 0.735. The number of nitriles is 1. The average molecular weight is 289 g/mol. The number of halogens is 1. The third-order valence-corrected chi connectivity index (χ3v) is 2.51. The zero-order chi connectivity index (χ0) is 13.8. The number of hydrogen-bond donors (Lipinski definition) is 1. The van der Waals surface area contributed by atoms with E-state index in [9.17, 15) is 4.79 Å². The monoisotopic (exact) mass is 288 g/mol. The minimum Gasteiger partial charge on any atom is -0.444 e. The number of nitrogens with two attached hydrogens (primary N) is 1. The molecule has 0 aromatic carbocycles.